The number of hydrogen-bond donors (Lipinski definition) is 1. The molecule has 1 saturated heterocycles. The Morgan fingerprint density at radius 2 is 1.77 bits per heavy atom. The van der Waals surface area contributed by atoms with Gasteiger partial charge in [0.15, 0.2) is 0 Å². The molecule has 0 radical (unpaired) electrons. The summed E-state index contributed by atoms with van der Waals surface area (Å²) in [5, 5.41) is 4.02. The van der Waals surface area contributed by atoms with E-state index in [-0.39, 0.29) is 23.7 Å². The second kappa shape index (κ2) is 9.78. The van der Waals surface area contributed by atoms with E-state index in [4.69, 9.17) is 0 Å². The zero-order valence-electron chi connectivity index (χ0n) is 19.9. The summed E-state index contributed by atoms with van der Waals surface area (Å²) in [6, 6.07) is 16.4. The summed E-state index contributed by atoms with van der Waals surface area (Å²) < 4.78 is 13.6. The summed E-state index contributed by atoms with van der Waals surface area (Å²) in [5.41, 5.74) is 4.71. The largest absolute Gasteiger partial charge is 0.345 e. The van der Waals surface area contributed by atoms with Gasteiger partial charge in [-0.05, 0) is 73.7 Å². The maximum atomic E-state index is 13.6. The molecule has 1 atom stereocenters. The van der Waals surface area contributed by atoms with Crippen LogP contribution in [-0.4, -0.2) is 33.9 Å². The molecule has 0 saturated carbocycles. The SMILES string of the molecule is Cc1ccccc1C(NC(=O)C1CCN(c2nc(C)c3cc(F)ccc3n2)CC1)c1ccncc1. The second-order valence-electron chi connectivity index (χ2n) is 9.11. The fourth-order valence-electron chi connectivity index (χ4n) is 4.79. The summed E-state index contributed by atoms with van der Waals surface area (Å²) in [6.45, 7) is 5.31. The average molecular weight is 470 g/mol. The fraction of sp³-hybridized carbons (Fsp3) is 0.286. The number of pyridine rings is 1. The number of halogens is 1. The zero-order valence-corrected chi connectivity index (χ0v) is 19.9. The van der Waals surface area contributed by atoms with Gasteiger partial charge in [-0.25, -0.2) is 14.4 Å². The van der Waals surface area contributed by atoms with Gasteiger partial charge >= 0.3 is 0 Å². The van der Waals surface area contributed by atoms with Gasteiger partial charge < -0.3 is 10.2 Å². The van der Waals surface area contributed by atoms with Crippen molar-refractivity contribution in [2.24, 2.45) is 5.92 Å². The molecule has 4 aromatic rings. The minimum absolute atomic E-state index is 0.0563. The van der Waals surface area contributed by atoms with E-state index in [1.807, 2.05) is 31.2 Å². The average Bonchev–Trinajstić information content (AvgIpc) is 2.88. The molecule has 1 aliphatic heterocycles. The van der Waals surface area contributed by atoms with E-state index in [2.05, 4.69) is 44.2 Å². The van der Waals surface area contributed by atoms with Gasteiger partial charge in [-0.1, -0.05) is 24.3 Å². The molecule has 1 fully saturated rings. The number of piperidine rings is 1. The Labute approximate surface area is 204 Å². The number of rotatable bonds is 5. The third-order valence-corrected chi connectivity index (χ3v) is 6.81. The summed E-state index contributed by atoms with van der Waals surface area (Å²) in [7, 11) is 0. The molecule has 1 N–H and O–H groups in total. The number of nitrogens with one attached hydrogen (secondary N) is 1. The topological polar surface area (TPSA) is 71.0 Å². The van der Waals surface area contributed by atoms with Gasteiger partial charge in [0.1, 0.15) is 5.82 Å². The fourth-order valence-corrected chi connectivity index (χ4v) is 4.79. The molecule has 1 unspecified atom stereocenters. The van der Waals surface area contributed by atoms with Crippen molar-refractivity contribution in [1.29, 1.82) is 0 Å². The van der Waals surface area contributed by atoms with E-state index in [1.165, 1.54) is 12.1 Å². The Bertz CT molecular complexity index is 1350. The van der Waals surface area contributed by atoms with Crippen LogP contribution in [0.25, 0.3) is 10.9 Å². The minimum Gasteiger partial charge on any atom is -0.345 e. The van der Waals surface area contributed by atoms with E-state index in [1.54, 1.807) is 18.5 Å². The number of nitrogens with zero attached hydrogens (tertiary/aromatic N) is 4. The van der Waals surface area contributed by atoms with Crippen LogP contribution in [0, 0.1) is 25.6 Å². The zero-order chi connectivity index (χ0) is 24.4. The molecule has 2 aromatic carbocycles. The van der Waals surface area contributed by atoms with Gasteiger partial charge in [0.25, 0.3) is 0 Å². The maximum Gasteiger partial charge on any atom is 0.226 e. The first kappa shape index (κ1) is 22.9. The smallest absolute Gasteiger partial charge is 0.226 e. The molecule has 3 heterocycles. The molecule has 0 aliphatic carbocycles. The van der Waals surface area contributed by atoms with E-state index < -0.39 is 0 Å². The number of amides is 1. The van der Waals surface area contributed by atoms with E-state index >= 15 is 0 Å². The highest BCUT2D eigenvalue weighted by atomic mass is 19.1. The van der Waals surface area contributed by atoms with Gasteiger partial charge in [-0.15, -0.1) is 0 Å². The number of aryl methyl sites for hydroxylation is 2. The van der Waals surface area contributed by atoms with Crippen LogP contribution in [0.15, 0.2) is 67.0 Å². The van der Waals surface area contributed by atoms with Crippen LogP contribution in [0.3, 0.4) is 0 Å². The molecule has 0 spiro atoms. The number of aromatic nitrogens is 3. The Hall–Kier alpha value is -3.87. The van der Waals surface area contributed by atoms with E-state index in [0.29, 0.717) is 31.9 Å². The molecule has 178 valence electrons. The van der Waals surface area contributed by atoms with Crippen LogP contribution in [0.4, 0.5) is 10.3 Å². The monoisotopic (exact) mass is 469 g/mol. The van der Waals surface area contributed by atoms with Crippen LogP contribution in [0.1, 0.15) is 41.3 Å². The Morgan fingerprint density at radius 3 is 2.51 bits per heavy atom. The lowest BCUT2D eigenvalue weighted by atomic mass is 9.92. The van der Waals surface area contributed by atoms with E-state index in [0.717, 1.165) is 33.3 Å². The van der Waals surface area contributed by atoms with Crippen LogP contribution in [0.5, 0.6) is 0 Å². The number of hydrogen-bond acceptors (Lipinski definition) is 5. The van der Waals surface area contributed by atoms with Crippen molar-refractivity contribution in [2.75, 3.05) is 18.0 Å². The lowest BCUT2D eigenvalue weighted by Crippen LogP contribution is -2.42. The van der Waals surface area contributed by atoms with Gasteiger partial charge in [0.05, 0.1) is 17.3 Å². The van der Waals surface area contributed by atoms with Crippen LogP contribution in [0.2, 0.25) is 0 Å². The third-order valence-electron chi connectivity index (χ3n) is 6.81. The predicted molar refractivity (Wildman–Crippen MR) is 135 cm³/mol. The standard InChI is InChI=1S/C28H28FN5O/c1-18-5-3-4-6-23(18)26(20-9-13-30-14-10-20)33-27(35)21-11-15-34(16-12-21)28-31-19(2)24-17-22(29)7-8-25(24)32-28/h3-10,13-14,17,21,26H,11-12,15-16H2,1-2H3,(H,33,35). The molecule has 1 aliphatic rings. The summed E-state index contributed by atoms with van der Waals surface area (Å²) in [4.78, 5) is 28.9. The number of carbonyl (C=O) groups is 1. The lowest BCUT2D eigenvalue weighted by molar-refractivity contribution is -0.126. The highest BCUT2D eigenvalue weighted by Gasteiger charge is 2.29. The van der Waals surface area contributed by atoms with E-state index in [9.17, 15) is 9.18 Å². The minimum atomic E-state index is -0.292. The number of carbonyl (C=O) groups excluding carboxylic acids is 1. The first-order chi connectivity index (χ1) is 17.0. The molecule has 5 rings (SSSR count). The van der Waals surface area contributed by atoms with Gasteiger partial charge in [0, 0.05) is 36.8 Å². The van der Waals surface area contributed by atoms with Crippen molar-refractivity contribution in [2.45, 2.75) is 32.7 Å². The van der Waals surface area contributed by atoms with Crippen molar-refractivity contribution in [3.63, 3.8) is 0 Å². The number of benzene rings is 2. The van der Waals surface area contributed by atoms with Crippen molar-refractivity contribution >= 4 is 22.8 Å². The number of anilines is 1. The molecule has 2 aromatic heterocycles. The molecular formula is C28H28FN5O. The second-order valence-corrected chi connectivity index (χ2v) is 9.11. The quantitative estimate of drug-likeness (QED) is 0.450. The first-order valence-corrected chi connectivity index (χ1v) is 11.9. The Kier molecular flexibility index (Phi) is 6.40. The van der Waals surface area contributed by atoms with Gasteiger partial charge in [-0.2, -0.15) is 0 Å². The van der Waals surface area contributed by atoms with Crippen LogP contribution in [-0.2, 0) is 4.79 Å². The molecule has 0 bridgehead atoms. The van der Waals surface area contributed by atoms with Gasteiger partial charge in [-0.3, -0.25) is 9.78 Å². The predicted octanol–water partition coefficient (Wildman–Crippen LogP) is 4.90. The molecule has 1 amide bonds. The first-order valence-electron chi connectivity index (χ1n) is 11.9. The Morgan fingerprint density at radius 1 is 1.03 bits per heavy atom. The summed E-state index contributed by atoms with van der Waals surface area (Å²) in [5.74, 6) is 0.311. The molecule has 6 nitrogen and oxygen atoms in total. The van der Waals surface area contributed by atoms with Gasteiger partial charge in [0.2, 0.25) is 11.9 Å². The maximum absolute atomic E-state index is 13.6. The van der Waals surface area contributed by atoms with Crippen molar-refractivity contribution in [1.82, 2.24) is 20.3 Å². The Balaban J connectivity index is 1.30. The van der Waals surface area contributed by atoms with Crippen LogP contribution >= 0.6 is 0 Å². The molecule has 35 heavy (non-hydrogen) atoms. The third kappa shape index (κ3) is 4.85. The molecule has 7 heteroatoms. The number of fused-ring (bicyclic) bond motifs is 1. The highest BCUT2D eigenvalue weighted by molar-refractivity contribution is 5.82. The summed E-state index contributed by atoms with van der Waals surface area (Å²) in [6.07, 6.45) is 4.94. The lowest BCUT2D eigenvalue weighted by Gasteiger charge is -2.32. The molecular weight excluding hydrogens is 441 g/mol. The highest BCUT2D eigenvalue weighted by Crippen LogP contribution is 2.28. The van der Waals surface area contributed by atoms with Crippen molar-refractivity contribution < 1.29 is 9.18 Å². The van der Waals surface area contributed by atoms with Crippen molar-refractivity contribution in [3.05, 3.63) is 95.2 Å². The normalized spacial score (nSPS) is 15.2. The van der Waals surface area contributed by atoms with Crippen LogP contribution < -0.4 is 10.2 Å². The van der Waals surface area contributed by atoms with Crippen molar-refractivity contribution in [3.8, 4) is 0 Å². The summed E-state index contributed by atoms with van der Waals surface area (Å²) >= 11 is 0.